The number of carboxylic acid groups (broad SMARTS) is 1. The number of rotatable bonds is 7. The van der Waals surface area contributed by atoms with Crippen molar-refractivity contribution in [3.8, 4) is 0 Å². The fourth-order valence-corrected chi connectivity index (χ4v) is 1.74. The van der Waals surface area contributed by atoms with Crippen molar-refractivity contribution in [2.24, 2.45) is 5.41 Å². The van der Waals surface area contributed by atoms with Crippen molar-refractivity contribution < 1.29 is 23.1 Å². The quantitative estimate of drug-likeness (QED) is 0.634. The molecule has 0 fully saturated rings. The van der Waals surface area contributed by atoms with E-state index in [4.69, 9.17) is 5.11 Å². The van der Waals surface area contributed by atoms with Gasteiger partial charge < -0.3 is 9.84 Å². The molecule has 0 spiro atoms. The number of nitrogens with one attached hydrogen (secondary N) is 1. The highest BCUT2D eigenvalue weighted by molar-refractivity contribution is 7.89. The molecule has 2 N–H and O–H groups in total. The maximum absolute atomic E-state index is 11.3. The summed E-state index contributed by atoms with van der Waals surface area (Å²) < 4.78 is 29.4. The molecule has 0 heterocycles. The standard InChI is InChI=1S/C8H17NO5S/c1-8(2,7(10)11)6-9-15(12,13)5-4-14-3/h9H,4-6H2,1-3H3,(H,10,11). The Morgan fingerprint density at radius 2 is 2.00 bits per heavy atom. The molecule has 0 aliphatic rings. The van der Waals surface area contributed by atoms with Gasteiger partial charge in [0.15, 0.2) is 0 Å². The number of sulfonamides is 1. The molecule has 0 amide bonds. The predicted molar refractivity (Wildman–Crippen MR) is 55.1 cm³/mol. The summed E-state index contributed by atoms with van der Waals surface area (Å²) in [6, 6.07) is 0. The van der Waals surface area contributed by atoms with E-state index in [2.05, 4.69) is 9.46 Å². The van der Waals surface area contributed by atoms with Crippen LogP contribution < -0.4 is 4.72 Å². The van der Waals surface area contributed by atoms with Gasteiger partial charge in [-0.2, -0.15) is 0 Å². The molecule has 0 bridgehead atoms. The summed E-state index contributed by atoms with van der Waals surface area (Å²) in [7, 11) is -2.05. The number of carbonyl (C=O) groups is 1. The molecule has 0 rings (SSSR count). The van der Waals surface area contributed by atoms with E-state index in [0.29, 0.717) is 0 Å². The van der Waals surface area contributed by atoms with E-state index in [9.17, 15) is 13.2 Å². The Balaban J connectivity index is 4.21. The van der Waals surface area contributed by atoms with E-state index < -0.39 is 21.4 Å². The average molecular weight is 239 g/mol. The summed E-state index contributed by atoms with van der Waals surface area (Å²) in [6.45, 7) is 2.86. The highest BCUT2D eigenvalue weighted by Gasteiger charge is 2.28. The van der Waals surface area contributed by atoms with Crippen molar-refractivity contribution in [3.05, 3.63) is 0 Å². The van der Waals surface area contributed by atoms with Gasteiger partial charge in [0.25, 0.3) is 0 Å². The van der Waals surface area contributed by atoms with Crippen LogP contribution in [-0.2, 0) is 19.6 Å². The van der Waals surface area contributed by atoms with Gasteiger partial charge >= 0.3 is 5.97 Å². The van der Waals surface area contributed by atoms with E-state index in [-0.39, 0.29) is 18.9 Å². The largest absolute Gasteiger partial charge is 0.481 e. The van der Waals surface area contributed by atoms with Gasteiger partial charge in [-0.05, 0) is 13.8 Å². The molecule has 90 valence electrons. The minimum Gasteiger partial charge on any atom is -0.481 e. The monoisotopic (exact) mass is 239 g/mol. The lowest BCUT2D eigenvalue weighted by Gasteiger charge is -2.19. The lowest BCUT2D eigenvalue weighted by Crippen LogP contribution is -2.40. The van der Waals surface area contributed by atoms with Crippen molar-refractivity contribution in [2.75, 3.05) is 26.0 Å². The molecular formula is C8H17NO5S. The summed E-state index contributed by atoms with van der Waals surface area (Å²) in [4.78, 5) is 10.7. The summed E-state index contributed by atoms with van der Waals surface area (Å²) >= 11 is 0. The zero-order valence-electron chi connectivity index (χ0n) is 9.11. The third-order valence-corrected chi connectivity index (χ3v) is 3.16. The van der Waals surface area contributed by atoms with Crippen LogP contribution in [0.2, 0.25) is 0 Å². The first kappa shape index (κ1) is 14.3. The van der Waals surface area contributed by atoms with Crippen LogP contribution in [0.4, 0.5) is 0 Å². The Morgan fingerprint density at radius 3 is 2.40 bits per heavy atom. The minimum atomic E-state index is -3.45. The Morgan fingerprint density at radius 1 is 1.47 bits per heavy atom. The maximum Gasteiger partial charge on any atom is 0.310 e. The first-order valence-electron chi connectivity index (χ1n) is 4.41. The number of carboxylic acids is 1. The fraction of sp³-hybridized carbons (Fsp3) is 0.875. The van der Waals surface area contributed by atoms with Crippen molar-refractivity contribution in [2.45, 2.75) is 13.8 Å². The molecule has 0 radical (unpaired) electrons. The third kappa shape index (κ3) is 5.71. The van der Waals surface area contributed by atoms with Crippen molar-refractivity contribution in [1.82, 2.24) is 4.72 Å². The van der Waals surface area contributed by atoms with Gasteiger partial charge in [-0.1, -0.05) is 0 Å². The molecule has 0 unspecified atom stereocenters. The Labute approximate surface area is 89.7 Å². The van der Waals surface area contributed by atoms with Crippen molar-refractivity contribution in [1.29, 1.82) is 0 Å². The number of hydrogen-bond donors (Lipinski definition) is 2. The van der Waals surface area contributed by atoms with Gasteiger partial charge in [0.2, 0.25) is 10.0 Å². The zero-order valence-corrected chi connectivity index (χ0v) is 9.93. The molecule has 0 aromatic carbocycles. The van der Waals surface area contributed by atoms with Gasteiger partial charge in [-0.25, -0.2) is 13.1 Å². The van der Waals surface area contributed by atoms with Gasteiger partial charge in [-0.3, -0.25) is 4.79 Å². The van der Waals surface area contributed by atoms with Crippen LogP contribution in [0.15, 0.2) is 0 Å². The van der Waals surface area contributed by atoms with Crippen LogP contribution in [0.25, 0.3) is 0 Å². The molecule has 0 aromatic heterocycles. The van der Waals surface area contributed by atoms with Crippen LogP contribution in [0, 0.1) is 5.41 Å². The van der Waals surface area contributed by atoms with Gasteiger partial charge in [-0.15, -0.1) is 0 Å². The Bertz CT molecular complexity index is 309. The molecule has 0 atom stereocenters. The minimum absolute atomic E-state index is 0.0861. The number of hydrogen-bond acceptors (Lipinski definition) is 4. The van der Waals surface area contributed by atoms with Gasteiger partial charge in [0.1, 0.15) is 0 Å². The summed E-state index contributed by atoms with van der Waals surface area (Å²) in [5.74, 6) is -1.21. The van der Waals surface area contributed by atoms with Gasteiger partial charge in [0, 0.05) is 13.7 Å². The van der Waals surface area contributed by atoms with Gasteiger partial charge in [0.05, 0.1) is 17.8 Å². The lowest BCUT2D eigenvalue weighted by molar-refractivity contribution is -0.146. The van der Waals surface area contributed by atoms with Crippen LogP contribution in [-0.4, -0.2) is 45.5 Å². The van der Waals surface area contributed by atoms with Crippen LogP contribution in [0.5, 0.6) is 0 Å². The first-order valence-corrected chi connectivity index (χ1v) is 6.06. The average Bonchev–Trinajstić information content (AvgIpc) is 2.12. The summed E-state index contributed by atoms with van der Waals surface area (Å²) in [5.41, 5.74) is -1.11. The molecular weight excluding hydrogens is 222 g/mol. The molecule has 15 heavy (non-hydrogen) atoms. The molecule has 0 aliphatic carbocycles. The highest BCUT2D eigenvalue weighted by atomic mass is 32.2. The van der Waals surface area contributed by atoms with Crippen LogP contribution in [0.1, 0.15) is 13.8 Å². The fourth-order valence-electron chi connectivity index (χ4n) is 0.631. The third-order valence-electron chi connectivity index (χ3n) is 1.87. The van der Waals surface area contributed by atoms with Crippen molar-refractivity contribution in [3.63, 3.8) is 0 Å². The topological polar surface area (TPSA) is 92.7 Å². The normalized spacial score (nSPS) is 12.7. The zero-order chi connectivity index (χ0) is 12.1. The first-order chi connectivity index (χ1) is 6.71. The van der Waals surface area contributed by atoms with Crippen LogP contribution in [0.3, 0.4) is 0 Å². The van der Waals surface area contributed by atoms with Crippen molar-refractivity contribution >= 4 is 16.0 Å². The molecule has 0 aromatic rings. The van der Waals surface area contributed by atoms with E-state index in [1.165, 1.54) is 21.0 Å². The Kier molecular flexibility index (Phi) is 5.19. The van der Waals surface area contributed by atoms with E-state index >= 15 is 0 Å². The second-order valence-corrected chi connectivity index (χ2v) is 5.75. The number of methoxy groups -OCH3 is 1. The van der Waals surface area contributed by atoms with E-state index in [1.807, 2.05) is 0 Å². The van der Waals surface area contributed by atoms with Crippen LogP contribution >= 0.6 is 0 Å². The predicted octanol–water partition coefficient (Wildman–Crippen LogP) is -0.337. The molecule has 0 aliphatic heterocycles. The SMILES string of the molecule is COCCS(=O)(=O)NCC(C)(C)C(=O)O. The lowest BCUT2D eigenvalue weighted by atomic mass is 9.95. The number of aliphatic carboxylic acids is 1. The maximum atomic E-state index is 11.3. The number of ether oxygens (including phenoxy) is 1. The molecule has 7 heteroatoms. The summed E-state index contributed by atoms with van der Waals surface area (Å²) in [5, 5.41) is 8.75. The second kappa shape index (κ2) is 5.43. The summed E-state index contributed by atoms with van der Waals surface area (Å²) in [6.07, 6.45) is 0. The van der Waals surface area contributed by atoms with E-state index in [1.54, 1.807) is 0 Å². The van der Waals surface area contributed by atoms with E-state index in [0.717, 1.165) is 0 Å². The molecule has 0 saturated carbocycles. The molecule has 6 nitrogen and oxygen atoms in total. The second-order valence-electron chi connectivity index (χ2n) is 3.82. The Hall–Kier alpha value is -0.660. The molecule has 0 saturated heterocycles. The smallest absolute Gasteiger partial charge is 0.310 e. The highest BCUT2D eigenvalue weighted by Crippen LogP contribution is 2.13.